The molecule has 0 spiro atoms. The van der Waals surface area contributed by atoms with E-state index in [1.54, 1.807) is 13.8 Å². The second-order valence-electron chi connectivity index (χ2n) is 11.2. The second kappa shape index (κ2) is 7.58. The van der Waals surface area contributed by atoms with Gasteiger partial charge in [-0.25, -0.2) is 19.3 Å². The molecular formula is C25H27ClFN5O4. The Kier molecular flexibility index (Phi) is 4.80. The number of halogens is 2. The van der Waals surface area contributed by atoms with Gasteiger partial charge in [0.25, 0.3) is 0 Å². The number of anilines is 1. The predicted octanol–water partition coefficient (Wildman–Crippen LogP) is 3.31. The Morgan fingerprint density at radius 3 is 2.72 bits per heavy atom. The summed E-state index contributed by atoms with van der Waals surface area (Å²) in [5.74, 6) is 0.922. The monoisotopic (exact) mass is 515 g/mol. The fourth-order valence-electron chi connectivity index (χ4n) is 6.20. The Hall–Kier alpha value is -2.37. The van der Waals surface area contributed by atoms with E-state index in [2.05, 4.69) is 20.3 Å². The molecule has 3 aromatic rings. The van der Waals surface area contributed by atoms with Gasteiger partial charge in [0, 0.05) is 11.1 Å². The molecule has 190 valence electrons. The van der Waals surface area contributed by atoms with Crippen LogP contribution in [0.4, 0.5) is 10.3 Å². The number of hydrogen-bond donors (Lipinski definition) is 3. The normalized spacial score (nSPS) is 32.9. The van der Waals surface area contributed by atoms with Crippen LogP contribution >= 0.6 is 11.6 Å². The minimum absolute atomic E-state index is 0.0959. The average Bonchev–Trinajstić information content (AvgIpc) is 3.34. The van der Waals surface area contributed by atoms with E-state index in [0.717, 1.165) is 19.3 Å². The summed E-state index contributed by atoms with van der Waals surface area (Å²) >= 11 is 6.49. The Labute approximate surface area is 211 Å². The second-order valence-corrected chi connectivity index (χ2v) is 11.6. The van der Waals surface area contributed by atoms with Crippen LogP contribution in [0.25, 0.3) is 22.3 Å². The van der Waals surface area contributed by atoms with Crippen LogP contribution in [-0.4, -0.2) is 60.9 Å². The van der Waals surface area contributed by atoms with Gasteiger partial charge in [-0.05, 0) is 57.6 Å². The maximum atomic E-state index is 15.5. The van der Waals surface area contributed by atoms with Gasteiger partial charge in [-0.2, -0.15) is 0 Å². The number of hydrogen-bond acceptors (Lipinski definition) is 8. The molecule has 3 saturated carbocycles. The lowest BCUT2D eigenvalue weighted by atomic mass is 9.49. The molecule has 5 fully saturated rings. The molecule has 1 aromatic carbocycles. The van der Waals surface area contributed by atoms with Crippen molar-refractivity contribution < 1.29 is 24.1 Å². The van der Waals surface area contributed by atoms with Crippen molar-refractivity contribution in [1.82, 2.24) is 19.5 Å². The summed E-state index contributed by atoms with van der Waals surface area (Å²) in [7, 11) is 0. The number of benzene rings is 1. The maximum Gasteiger partial charge on any atom is 0.223 e. The predicted molar refractivity (Wildman–Crippen MR) is 129 cm³/mol. The third kappa shape index (κ3) is 3.31. The van der Waals surface area contributed by atoms with Gasteiger partial charge in [0.2, 0.25) is 5.95 Å². The van der Waals surface area contributed by atoms with Gasteiger partial charge in [0.05, 0.1) is 41.2 Å². The number of nitrogens with zero attached hydrogens (tertiary/aromatic N) is 4. The van der Waals surface area contributed by atoms with E-state index in [1.165, 1.54) is 12.3 Å². The first-order valence-corrected chi connectivity index (χ1v) is 12.7. The van der Waals surface area contributed by atoms with Crippen LogP contribution in [-0.2, 0) is 20.6 Å². The van der Waals surface area contributed by atoms with E-state index in [9.17, 15) is 10.2 Å². The van der Waals surface area contributed by atoms with Gasteiger partial charge in [0.1, 0.15) is 23.0 Å². The number of aliphatic hydroxyl groups is 2. The zero-order valence-electron chi connectivity index (χ0n) is 19.9. The lowest BCUT2D eigenvalue weighted by molar-refractivity contribution is -0.156. The van der Waals surface area contributed by atoms with Crippen molar-refractivity contribution in [1.29, 1.82) is 0 Å². The lowest BCUT2D eigenvalue weighted by Crippen LogP contribution is -2.60. The number of aliphatic hydroxyl groups excluding tert-OH is 1. The van der Waals surface area contributed by atoms with Gasteiger partial charge < -0.3 is 29.6 Å². The van der Waals surface area contributed by atoms with Gasteiger partial charge in [-0.1, -0.05) is 11.6 Å². The Morgan fingerprint density at radius 1 is 1.25 bits per heavy atom. The van der Waals surface area contributed by atoms with Crippen molar-refractivity contribution in [3.63, 3.8) is 0 Å². The topological polar surface area (TPSA) is 115 Å². The van der Waals surface area contributed by atoms with E-state index in [1.807, 2.05) is 10.6 Å². The van der Waals surface area contributed by atoms with E-state index in [0.29, 0.717) is 41.5 Å². The average molecular weight is 516 g/mol. The van der Waals surface area contributed by atoms with Gasteiger partial charge >= 0.3 is 0 Å². The van der Waals surface area contributed by atoms with Crippen LogP contribution in [0.5, 0.6) is 0 Å². The van der Waals surface area contributed by atoms with Crippen LogP contribution in [0.1, 0.15) is 45.4 Å². The summed E-state index contributed by atoms with van der Waals surface area (Å²) in [6.45, 7) is 3.79. The van der Waals surface area contributed by atoms with E-state index >= 15 is 4.39 Å². The van der Waals surface area contributed by atoms with Crippen molar-refractivity contribution in [2.45, 2.75) is 75.2 Å². The summed E-state index contributed by atoms with van der Waals surface area (Å²) in [5, 5.41) is 24.8. The largest absolute Gasteiger partial charge is 0.386 e. The summed E-state index contributed by atoms with van der Waals surface area (Å²) in [4.78, 5) is 13.4. The molecule has 3 N–H and O–H groups in total. The molecule has 0 amide bonds. The van der Waals surface area contributed by atoms with E-state index < -0.39 is 23.8 Å². The van der Waals surface area contributed by atoms with Crippen molar-refractivity contribution >= 4 is 28.6 Å². The molecule has 5 aliphatic rings. The third-order valence-electron chi connectivity index (χ3n) is 8.05. The quantitative estimate of drug-likeness (QED) is 0.474. The van der Waals surface area contributed by atoms with Crippen LogP contribution in [0, 0.1) is 11.7 Å². The Balaban J connectivity index is 1.30. The molecule has 0 radical (unpaired) electrons. The van der Waals surface area contributed by atoms with Gasteiger partial charge in [-0.15, -0.1) is 0 Å². The smallest absolute Gasteiger partial charge is 0.223 e. The minimum Gasteiger partial charge on any atom is -0.386 e. The molecule has 9 nitrogen and oxygen atoms in total. The number of aromatic nitrogens is 4. The zero-order chi connectivity index (χ0) is 25.0. The highest BCUT2D eigenvalue weighted by atomic mass is 35.5. The molecule has 2 aliphatic heterocycles. The zero-order valence-corrected chi connectivity index (χ0v) is 20.7. The van der Waals surface area contributed by atoms with E-state index in [4.69, 9.17) is 21.1 Å². The lowest BCUT2D eigenvalue weighted by Gasteiger charge is -2.63. The number of nitrogens with one attached hydrogen (secondary N) is 1. The summed E-state index contributed by atoms with van der Waals surface area (Å²) < 4.78 is 28.6. The standard InChI is InChI=1S/C25H27ClFN5O4/c1-24(2,34)22-30-19-15(27)3-12(4-17(19)32(22)25-6-11(7-25)8-25)18-14(26)9-28-23(31-18)29-16-5-13-10-35-21(36-13)20(16)33/h3-4,9,11,13,16,20-21,33-34H,5-8,10H2,1-2H3,(H,28,29,31)/t11?,13-,16+,20-,21+,25?/m0/s1. The first kappa shape index (κ1) is 22.8. The number of rotatable bonds is 5. The highest BCUT2D eigenvalue weighted by Gasteiger charge is 2.59. The molecule has 2 saturated heterocycles. The minimum atomic E-state index is -1.22. The fraction of sp³-hybridized carbons (Fsp3) is 0.560. The van der Waals surface area contributed by atoms with Crippen molar-refractivity contribution in [3.05, 3.63) is 35.0 Å². The third-order valence-corrected chi connectivity index (χ3v) is 8.33. The Morgan fingerprint density at radius 2 is 2.03 bits per heavy atom. The summed E-state index contributed by atoms with van der Waals surface area (Å²) in [5.41, 5.74) is 0.358. The van der Waals surface area contributed by atoms with Gasteiger partial charge in [-0.3, -0.25) is 0 Å². The van der Waals surface area contributed by atoms with E-state index in [-0.39, 0.29) is 34.2 Å². The first-order chi connectivity index (χ1) is 17.1. The molecule has 2 aromatic heterocycles. The first-order valence-electron chi connectivity index (χ1n) is 12.3. The van der Waals surface area contributed by atoms with Gasteiger partial charge in [0.15, 0.2) is 12.1 Å². The van der Waals surface area contributed by atoms with Crippen LogP contribution < -0.4 is 5.32 Å². The molecule has 4 bridgehead atoms. The fourth-order valence-corrected chi connectivity index (χ4v) is 6.40. The number of imidazole rings is 1. The summed E-state index contributed by atoms with van der Waals surface area (Å²) in [6.07, 6.45) is 3.39. The van der Waals surface area contributed by atoms with Crippen LogP contribution in [0.2, 0.25) is 5.02 Å². The molecule has 3 aliphatic carbocycles. The molecule has 36 heavy (non-hydrogen) atoms. The van der Waals surface area contributed by atoms with Crippen LogP contribution in [0.15, 0.2) is 18.3 Å². The number of ether oxygens (including phenoxy) is 2. The molecular weight excluding hydrogens is 489 g/mol. The summed E-state index contributed by atoms with van der Waals surface area (Å²) in [6, 6.07) is 2.85. The highest BCUT2D eigenvalue weighted by Crippen LogP contribution is 2.63. The molecule has 0 unspecified atom stereocenters. The van der Waals surface area contributed by atoms with Crippen molar-refractivity contribution in [2.75, 3.05) is 11.9 Å². The SMILES string of the molecule is CC(C)(O)c1nc2c(F)cc(-c3nc(N[C@@H]4C[C@H]5CO[C@H](O5)[C@H]4O)ncc3Cl)cc2n1C12CC(C1)C2. The molecule has 11 heteroatoms. The molecule has 4 heterocycles. The van der Waals surface area contributed by atoms with Crippen molar-refractivity contribution in [2.24, 2.45) is 5.92 Å². The van der Waals surface area contributed by atoms with Crippen molar-refractivity contribution in [3.8, 4) is 11.3 Å². The maximum absolute atomic E-state index is 15.5. The van der Waals surface area contributed by atoms with Crippen LogP contribution in [0.3, 0.4) is 0 Å². The highest BCUT2D eigenvalue weighted by molar-refractivity contribution is 6.33. The molecule has 4 atom stereocenters. The number of fused-ring (bicyclic) bond motifs is 3. The molecule has 8 rings (SSSR count). The Bertz CT molecular complexity index is 1370.